The summed E-state index contributed by atoms with van der Waals surface area (Å²) in [6, 6.07) is 9.55. The van der Waals surface area contributed by atoms with Crippen molar-refractivity contribution in [3.8, 4) is 11.5 Å². The van der Waals surface area contributed by atoms with E-state index in [-0.39, 0.29) is 16.5 Å². The number of amides is 1. The van der Waals surface area contributed by atoms with Gasteiger partial charge in [0.1, 0.15) is 17.1 Å². The Bertz CT molecular complexity index is 1050. The maximum Gasteiger partial charge on any atom is 0.342 e. The molecule has 166 valence electrons. The van der Waals surface area contributed by atoms with Crippen LogP contribution in [0, 0.1) is 0 Å². The van der Waals surface area contributed by atoms with Gasteiger partial charge in [-0.1, -0.05) is 12.8 Å². The number of benzene rings is 2. The molecule has 0 aromatic heterocycles. The van der Waals surface area contributed by atoms with E-state index in [0.29, 0.717) is 11.4 Å². The zero-order valence-corrected chi connectivity index (χ0v) is 17.8. The number of nitrogens with one attached hydrogen (secondary N) is 2. The third kappa shape index (κ3) is 5.88. The average molecular weight is 448 g/mol. The molecule has 2 aromatic carbocycles. The largest absolute Gasteiger partial charge is 0.507 e. The fourth-order valence-electron chi connectivity index (χ4n) is 3.27. The summed E-state index contributed by atoms with van der Waals surface area (Å²) in [6.07, 6.45) is 3.87. The molecule has 1 aliphatic rings. The number of hydrogen-bond donors (Lipinski definition) is 3. The van der Waals surface area contributed by atoms with Crippen LogP contribution < -0.4 is 14.8 Å². The van der Waals surface area contributed by atoms with Crippen LogP contribution in [0.2, 0.25) is 0 Å². The lowest BCUT2D eigenvalue weighted by atomic mass is 10.2. The first-order valence-corrected chi connectivity index (χ1v) is 11.2. The van der Waals surface area contributed by atoms with E-state index < -0.39 is 34.3 Å². The van der Waals surface area contributed by atoms with Gasteiger partial charge in [0.15, 0.2) is 6.61 Å². The Labute approximate surface area is 180 Å². The predicted molar refractivity (Wildman–Crippen MR) is 113 cm³/mol. The smallest absolute Gasteiger partial charge is 0.342 e. The van der Waals surface area contributed by atoms with E-state index in [1.807, 2.05) is 0 Å². The lowest BCUT2D eigenvalue weighted by molar-refractivity contribution is -0.124. The Morgan fingerprint density at radius 2 is 1.77 bits per heavy atom. The van der Waals surface area contributed by atoms with Crippen LogP contribution in [0.25, 0.3) is 0 Å². The van der Waals surface area contributed by atoms with Crippen LogP contribution in [0.1, 0.15) is 36.0 Å². The Kier molecular flexibility index (Phi) is 7.01. The number of carbonyl (C=O) groups is 2. The van der Waals surface area contributed by atoms with Crippen molar-refractivity contribution < 1.29 is 32.6 Å². The van der Waals surface area contributed by atoms with Gasteiger partial charge in [-0.15, -0.1) is 0 Å². The standard InChI is InChI=1S/C21H24N2O7S/c1-29-16-8-6-15(7-9-16)23-31(27,28)17-10-11-19(24)18(12-17)21(26)30-13-20(25)22-14-4-2-3-5-14/h6-12,14,23-24H,2-5,13H2,1H3,(H,22,25). The van der Waals surface area contributed by atoms with E-state index in [0.717, 1.165) is 43.9 Å². The molecule has 0 aliphatic heterocycles. The van der Waals surface area contributed by atoms with Crippen molar-refractivity contribution in [3.63, 3.8) is 0 Å². The van der Waals surface area contributed by atoms with Crippen molar-refractivity contribution in [3.05, 3.63) is 48.0 Å². The average Bonchev–Trinajstić information content (AvgIpc) is 3.25. The number of ether oxygens (including phenoxy) is 2. The molecule has 10 heteroatoms. The molecule has 3 N–H and O–H groups in total. The van der Waals surface area contributed by atoms with E-state index in [2.05, 4.69) is 10.0 Å². The van der Waals surface area contributed by atoms with Gasteiger partial charge in [-0.2, -0.15) is 0 Å². The number of phenols is 1. The van der Waals surface area contributed by atoms with Gasteiger partial charge in [0.05, 0.1) is 12.0 Å². The van der Waals surface area contributed by atoms with Gasteiger partial charge in [0.2, 0.25) is 0 Å². The van der Waals surface area contributed by atoms with Gasteiger partial charge in [-0.3, -0.25) is 9.52 Å². The second kappa shape index (κ2) is 9.69. The molecule has 0 atom stereocenters. The van der Waals surface area contributed by atoms with Gasteiger partial charge >= 0.3 is 5.97 Å². The van der Waals surface area contributed by atoms with E-state index in [9.17, 15) is 23.1 Å². The third-order valence-electron chi connectivity index (χ3n) is 4.90. The van der Waals surface area contributed by atoms with Crippen molar-refractivity contribution >= 4 is 27.6 Å². The first-order valence-electron chi connectivity index (χ1n) is 9.75. The van der Waals surface area contributed by atoms with E-state index >= 15 is 0 Å². The maximum atomic E-state index is 12.7. The molecule has 3 rings (SSSR count). The summed E-state index contributed by atoms with van der Waals surface area (Å²) in [5, 5.41) is 12.8. The Morgan fingerprint density at radius 1 is 1.10 bits per heavy atom. The van der Waals surface area contributed by atoms with Crippen LogP contribution in [0.5, 0.6) is 11.5 Å². The molecule has 1 saturated carbocycles. The SMILES string of the molecule is COc1ccc(NS(=O)(=O)c2ccc(O)c(C(=O)OCC(=O)NC3CCCC3)c2)cc1. The van der Waals surface area contributed by atoms with Crippen molar-refractivity contribution in [2.45, 2.75) is 36.6 Å². The number of anilines is 1. The molecule has 1 aliphatic carbocycles. The van der Waals surface area contributed by atoms with Crippen molar-refractivity contribution in [1.29, 1.82) is 0 Å². The monoisotopic (exact) mass is 448 g/mol. The topological polar surface area (TPSA) is 131 Å². The third-order valence-corrected chi connectivity index (χ3v) is 6.27. The molecule has 0 radical (unpaired) electrons. The highest BCUT2D eigenvalue weighted by atomic mass is 32.2. The second-order valence-corrected chi connectivity index (χ2v) is 8.82. The molecular weight excluding hydrogens is 424 g/mol. The fourth-order valence-corrected chi connectivity index (χ4v) is 4.35. The number of phenolic OH excluding ortho intramolecular Hbond substituents is 1. The number of aromatic hydroxyl groups is 1. The second-order valence-electron chi connectivity index (χ2n) is 7.14. The summed E-state index contributed by atoms with van der Waals surface area (Å²) in [7, 11) is -2.55. The summed E-state index contributed by atoms with van der Waals surface area (Å²) in [4.78, 5) is 24.0. The minimum Gasteiger partial charge on any atom is -0.507 e. The van der Waals surface area contributed by atoms with Crippen molar-refractivity contribution in [2.75, 3.05) is 18.4 Å². The van der Waals surface area contributed by atoms with E-state index in [1.165, 1.54) is 19.2 Å². The molecule has 9 nitrogen and oxygen atoms in total. The zero-order valence-electron chi connectivity index (χ0n) is 17.0. The number of sulfonamides is 1. The van der Waals surface area contributed by atoms with Crippen LogP contribution in [0.15, 0.2) is 47.4 Å². The van der Waals surface area contributed by atoms with Gasteiger partial charge in [0, 0.05) is 11.7 Å². The number of hydrogen-bond acceptors (Lipinski definition) is 7. The predicted octanol–water partition coefficient (Wildman–Crippen LogP) is 2.42. The van der Waals surface area contributed by atoms with Crippen LogP contribution >= 0.6 is 0 Å². The van der Waals surface area contributed by atoms with Crippen LogP contribution in [-0.4, -0.2) is 45.2 Å². The highest BCUT2D eigenvalue weighted by Gasteiger charge is 2.22. The van der Waals surface area contributed by atoms with Crippen molar-refractivity contribution in [2.24, 2.45) is 0 Å². The Hall–Kier alpha value is -3.27. The van der Waals surface area contributed by atoms with Gasteiger partial charge in [0.25, 0.3) is 15.9 Å². The molecule has 0 bridgehead atoms. The van der Waals surface area contributed by atoms with E-state index in [4.69, 9.17) is 9.47 Å². The van der Waals surface area contributed by atoms with Crippen molar-refractivity contribution in [1.82, 2.24) is 5.32 Å². The molecule has 0 saturated heterocycles. The summed E-state index contributed by atoms with van der Waals surface area (Å²) in [5.41, 5.74) is -0.0622. The number of carbonyl (C=O) groups excluding carboxylic acids is 2. The highest BCUT2D eigenvalue weighted by molar-refractivity contribution is 7.92. The quantitative estimate of drug-likeness (QED) is 0.529. The minimum absolute atomic E-state index is 0.0807. The number of rotatable bonds is 8. The molecule has 0 spiro atoms. The highest BCUT2D eigenvalue weighted by Crippen LogP contribution is 2.25. The summed E-state index contributed by atoms with van der Waals surface area (Å²) < 4.78 is 37.7. The Balaban J connectivity index is 1.67. The first kappa shape index (κ1) is 22.4. The normalized spacial score (nSPS) is 14.1. The molecule has 0 unspecified atom stereocenters. The first-order chi connectivity index (χ1) is 14.8. The summed E-state index contributed by atoms with van der Waals surface area (Å²) in [6.45, 7) is -0.518. The van der Waals surface area contributed by atoms with Crippen LogP contribution in [-0.2, 0) is 19.6 Å². The van der Waals surface area contributed by atoms with Crippen LogP contribution in [0.3, 0.4) is 0 Å². The molecule has 0 heterocycles. The molecule has 1 amide bonds. The lowest BCUT2D eigenvalue weighted by Gasteiger charge is -2.13. The van der Waals surface area contributed by atoms with Gasteiger partial charge < -0.3 is 19.9 Å². The van der Waals surface area contributed by atoms with Crippen LogP contribution in [0.4, 0.5) is 5.69 Å². The molecular formula is C21H24N2O7S. The minimum atomic E-state index is -4.04. The zero-order chi connectivity index (χ0) is 22.4. The number of methoxy groups -OCH3 is 1. The molecule has 2 aromatic rings. The van der Waals surface area contributed by atoms with Gasteiger partial charge in [-0.25, -0.2) is 13.2 Å². The lowest BCUT2D eigenvalue weighted by Crippen LogP contribution is -2.35. The summed E-state index contributed by atoms with van der Waals surface area (Å²) >= 11 is 0. The number of esters is 1. The molecule has 1 fully saturated rings. The van der Waals surface area contributed by atoms with Gasteiger partial charge in [-0.05, 0) is 55.3 Å². The summed E-state index contributed by atoms with van der Waals surface area (Å²) in [5.74, 6) is -1.33. The van der Waals surface area contributed by atoms with E-state index in [1.54, 1.807) is 12.1 Å². The Morgan fingerprint density at radius 3 is 2.42 bits per heavy atom. The molecule has 31 heavy (non-hydrogen) atoms. The fraction of sp³-hybridized carbons (Fsp3) is 0.333. The maximum absolute atomic E-state index is 12.7.